The molecule has 160 valence electrons. The van der Waals surface area contributed by atoms with Crippen LogP contribution >= 0.6 is 0 Å². The van der Waals surface area contributed by atoms with E-state index in [0.717, 1.165) is 30.0 Å². The van der Waals surface area contributed by atoms with Crippen LogP contribution in [0.25, 0.3) is 22.6 Å². The number of hydrogen-bond donors (Lipinski definition) is 0. The lowest BCUT2D eigenvalue weighted by Gasteiger charge is -2.25. The molecular formula is C21H29N7O2. The number of imidazole rings is 1. The van der Waals surface area contributed by atoms with Gasteiger partial charge in [-0.3, -0.25) is 9.48 Å². The second kappa shape index (κ2) is 7.37. The second-order valence-electron chi connectivity index (χ2n) is 8.83. The largest absolute Gasteiger partial charge is 0.471 e. The van der Waals surface area contributed by atoms with Crippen molar-refractivity contribution in [3.63, 3.8) is 0 Å². The van der Waals surface area contributed by atoms with Crippen molar-refractivity contribution in [1.82, 2.24) is 34.2 Å². The fraction of sp³-hybridized carbons (Fsp3) is 0.571. The van der Waals surface area contributed by atoms with E-state index in [0.29, 0.717) is 30.1 Å². The van der Waals surface area contributed by atoms with Crippen molar-refractivity contribution < 1.29 is 9.53 Å². The van der Waals surface area contributed by atoms with Gasteiger partial charge in [-0.15, -0.1) is 0 Å². The monoisotopic (exact) mass is 411 g/mol. The summed E-state index contributed by atoms with van der Waals surface area (Å²) in [6.07, 6.45) is 4.00. The quantitative estimate of drug-likeness (QED) is 0.655. The van der Waals surface area contributed by atoms with E-state index in [1.54, 1.807) is 0 Å². The molecule has 4 heterocycles. The third kappa shape index (κ3) is 3.42. The molecule has 0 saturated carbocycles. The van der Waals surface area contributed by atoms with E-state index in [-0.39, 0.29) is 12.0 Å². The summed E-state index contributed by atoms with van der Waals surface area (Å²) >= 11 is 0. The molecule has 30 heavy (non-hydrogen) atoms. The van der Waals surface area contributed by atoms with Crippen LogP contribution in [0.1, 0.15) is 39.8 Å². The van der Waals surface area contributed by atoms with Crippen LogP contribution in [0.3, 0.4) is 0 Å². The summed E-state index contributed by atoms with van der Waals surface area (Å²) in [6, 6.07) is 0. The highest BCUT2D eigenvalue weighted by Crippen LogP contribution is 2.30. The zero-order chi connectivity index (χ0) is 21.6. The van der Waals surface area contributed by atoms with Gasteiger partial charge >= 0.3 is 0 Å². The smallest absolute Gasteiger partial charge is 0.245 e. The third-order valence-electron chi connectivity index (χ3n) is 5.62. The minimum atomic E-state index is -0.395. The second-order valence-corrected chi connectivity index (χ2v) is 8.83. The number of fused-ring (bicyclic) bond motifs is 1. The SMILES string of the molecule is CCn1ncc(-c2nc3c(O[C@H]4CCN(C(=O)C(C)(C)C)C4)ncnc3n2C)c1C. The molecule has 0 aromatic carbocycles. The lowest BCUT2D eigenvalue weighted by atomic mass is 9.95. The Kier molecular flexibility index (Phi) is 4.99. The number of ether oxygens (including phenoxy) is 1. The number of carbonyl (C=O) groups is 1. The van der Waals surface area contributed by atoms with Crippen molar-refractivity contribution in [2.24, 2.45) is 12.5 Å². The maximum Gasteiger partial charge on any atom is 0.245 e. The summed E-state index contributed by atoms with van der Waals surface area (Å²) in [4.78, 5) is 28.0. The number of rotatable bonds is 4. The molecule has 1 saturated heterocycles. The standard InChI is InChI=1S/C21H29N7O2/c1-7-28-13(2)15(10-24-28)17-25-16-18(26(17)6)22-12-23-19(16)30-14-8-9-27(11-14)20(29)21(3,4)5/h10,12,14H,7-9,11H2,1-6H3/t14-/m0/s1. The van der Waals surface area contributed by atoms with Crippen LogP contribution in [0, 0.1) is 12.3 Å². The van der Waals surface area contributed by atoms with Gasteiger partial charge in [-0.2, -0.15) is 10.1 Å². The van der Waals surface area contributed by atoms with Crippen molar-refractivity contribution in [3.8, 4) is 17.3 Å². The minimum absolute atomic E-state index is 0.107. The lowest BCUT2D eigenvalue weighted by Crippen LogP contribution is -2.38. The van der Waals surface area contributed by atoms with Crippen LogP contribution < -0.4 is 4.74 Å². The summed E-state index contributed by atoms with van der Waals surface area (Å²) in [5.74, 6) is 1.38. The molecule has 9 heteroatoms. The first kappa shape index (κ1) is 20.3. The third-order valence-corrected chi connectivity index (χ3v) is 5.62. The van der Waals surface area contributed by atoms with Gasteiger partial charge in [0.1, 0.15) is 18.3 Å². The number of hydrogen-bond acceptors (Lipinski definition) is 6. The van der Waals surface area contributed by atoms with Crippen molar-refractivity contribution in [3.05, 3.63) is 18.2 Å². The highest BCUT2D eigenvalue weighted by atomic mass is 16.5. The van der Waals surface area contributed by atoms with E-state index in [4.69, 9.17) is 9.72 Å². The first-order chi connectivity index (χ1) is 14.2. The van der Waals surface area contributed by atoms with Gasteiger partial charge in [-0.1, -0.05) is 20.8 Å². The maximum absolute atomic E-state index is 12.6. The molecule has 0 aliphatic carbocycles. The predicted molar refractivity (Wildman–Crippen MR) is 113 cm³/mol. The lowest BCUT2D eigenvalue weighted by molar-refractivity contribution is -0.138. The summed E-state index contributed by atoms with van der Waals surface area (Å²) < 4.78 is 10.1. The molecule has 0 unspecified atom stereocenters. The molecule has 4 rings (SSSR count). The van der Waals surface area contributed by atoms with Crippen LogP contribution in [0.5, 0.6) is 5.88 Å². The van der Waals surface area contributed by atoms with Gasteiger partial charge in [0.15, 0.2) is 11.2 Å². The average molecular weight is 412 g/mol. The van der Waals surface area contributed by atoms with Gasteiger partial charge in [-0.25, -0.2) is 9.97 Å². The summed E-state index contributed by atoms with van der Waals surface area (Å²) in [6.45, 7) is 12.0. The Balaban J connectivity index is 1.62. The Morgan fingerprint density at radius 1 is 1.30 bits per heavy atom. The number of amides is 1. The topological polar surface area (TPSA) is 91.0 Å². The molecule has 1 amide bonds. The summed E-state index contributed by atoms with van der Waals surface area (Å²) in [5.41, 5.74) is 2.95. The summed E-state index contributed by atoms with van der Waals surface area (Å²) in [5, 5.41) is 4.43. The normalized spacial score (nSPS) is 17.1. The van der Waals surface area contributed by atoms with Gasteiger partial charge in [0.2, 0.25) is 11.8 Å². The van der Waals surface area contributed by atoms with Crippen LogP contribution in [-0.2, 0) is 18.4 Å². The fourth-order valence-corrected chi connectivity index (χ4v) is 3.93. The number of carbonyl (C=O) groups excluding carboxylic acids is 1. The Morgan fingerprint density at radius 3 is 2.73 bits per heavy atom. The van der Waals surface area contributed by atoms with E-state index in [2.05, 4.69) is 22.0 Å². The van der Waals surface area contributed by atoms with Gasteiger partial charge in [0.05, 0.1) is 18.3 Å². The van der Waals surface area contributed by atoms with E-state index in [9.17, 15) is 4.79 Å². The molecule has 0 N–H and O–H groups in total. The zero-order valence-corrected chi connectivity index (χ0v) is 18.5. The number of nitrogens with zero attached hydrogens (tertiary/aromatic N) is 7. The summed E-state index contributed by atoms with van der Waals surface area (Å²) in [7, 11) is 1.93. The first-order valence-electron chi connectivity index (χ1n) is 10.4. The Morgan fingerprint density at radius 2 is 2.07 bits per heavy atom. The molecule has 1 atom stereocenters. The van der Waals surface area contributed by atoms with Crippen molar-refractivity contribution in [2.45, 2.75) is 53.7 Å². The van der Waals surface area contributed by atoms with Crippen LogP contribution in [0.2, 0.25) is 0 Å². The average Bonchev–Trinajstić information content (AvgIpc) is 3.39. The molecule has 3 aromatic rings. The highest BCUT2D eigenvalue weighted by molar-refractivity contribution is 5.82. The van der Waals surface area contributed by atoms with Gasteiger partial charge < -0.3 is 14.2 Å². The molecule has 0 bridgehead atoms. The predicted octanol–water partition coefficient (Wildman–Crippen LogP) is 2.58. The van der Waals surface area contributed by atoms with E-state index >= 15 is 0 Å². The van der Waals surface area contributed by atoms with Gasteiger partial charge in [-0.05, 0) is 13.8 Å². The van der Waals surface area contributed by atoms with Gasteiger partial charge in [0, 0.05) is 37.7 Å². The van der Waals surface area contributed by atoms with E-state index in [1.165, 1.54) is 6.33 Å². The zero-order valence-electron chi connectivity index (χ0n) is 18.5. The Hall–Kier alpha value is -2.97. The van der Waals surface area contributed by atoms with Crippen LogP contribution in [0.4, 0.5) is 0 Å². The number of aryl methyl sites for hydroxylation is 2. The van der Waals surface area contributed by atoms with E-state index < -0.39 is 5.41 Å². The Labute approximate surface area is 176 Å². The van der Waals surface area contributed by atoms with E-state index in [1.807, 2.05) is 55.1 Å². The Bertz CT molecular complexity index is 1090. The molecule has 1 aliphatic rings. The maximum atomic E-state index is 12.6. The number of likely N-dealkylation sites (tertiary alicyclic amines) is 1. The van der Waals surface area contributed by atoms with Crippen LogP contribution in [0.15, 0.2) is 12.5 Å². The van der Waals surface area contributed by atoms with Crippen molar-refractivity contribution >= 4 is 17.1 Å². The molecule has 1 aliphatic heterocycles. The molecule has 9 nitrogen and oxygen atoms in total. The first-order valence-corrected chi connectivity index (χ1v) is 10.4. The van der Waals surface area contributed by atoms with Crippen LogP contribution in [-0.4, -0.2) is 59.3 Å². The molecule has 1 fully saturated rings. The highest BCUT2D eigenvalue weighted by Gasteiger charge is 2.34. The minimum Gasteiger partial charge on any atom is -0.471 e. The van der Waals surface area contributed by atoms with Crippen molar-refractivity contribution in [1.29, 1.82) is 0 Å². The van der Waals surface area contributed by atoms with Gasteiger partial charge in [0.25, 0.3) is 0 Å². The fourth-order valence-electron chi connectivity index (χ4n) is 3.93. The molecule has 0 spiro atoms. The molecular weight excluding hydrogens is 382 g/mol. The molecule has 3 aromatic heterocycles. The molecule has 0 radical (unpaired) electrons. The number of aromatic nitrogens is 6. The van der Waals surface area contributed by atoms with Crippen molar-refractivity contribution in [2.75, 3.05) is 13.1 Å².